The number of H-pyrrole nitrogens is 1. The van der Waals surface area contributed by atoms with Gasteiger partial charge in [-0.15, -0.1) is 0 Å². The Kier molecular flexibility index (Phi) is 3.09. The molecule has 0 unspecified atom stereocenters. The fraction of sp³-hybridized carbons (Fsp3) is 0.167. The van der Waals surface area contributed by atoms with Gasteiger partial charge in [0.1, 0.15) is 23.9 Å². The molecule has 1 aromatic carbocycles. The number of aromatic carboxylic acids is 1. The highest BCUT2D eigenvalue weighted by molar-refractivity contribution is 5.84. The van der Waals surface area contributed by atoms with Crippen LogP contribution in [0.4, 0.5) is 0 Å². The number of carboxylic acids is 1. The van der Waals surface area contributed by atoms with E-state index in [1.54, 1.807) is 0 Å². The van der Waals surface area contributed by atoms with Gasteiger partial charge in [-0.3, -0.25) is 0 Å². The Morgan fingerprint density at radius 1 is 1.41 bits per heavy atom. The van der Waals surface area contributed by atoms with Gasteiger partial charge in [0.15, 0.2) is 0 Å². The number of hydrogen-bond donors (Lipinski definition) is 2. The van der Waals surface area contributed by atoms with Gasteiger partial charge in [0, 0.05) is 0 Å². The zero-order valence-electron chi connectivity index (χ0n) is 9.30. The maximum absolute atomic E-state index is 10.6. The van der Waals surface area contributed by atoms with E-state index in [0.717, 1.165) is 11.3 Å². The Morgan fingerprint density at radius 3 is 2.71 bits per heavy atom. The Bertz CT molecular complexity index is 517. The average Bonchev–Trinajstić information content (AvgIpc) is 2.77. The summed E-state index contributed by atoms with van der Waals surface area (Å²) in [5, 5.41) is 8.70. The van der Waals surface area contributed by atoms with E-state index < -0.39 is 5.97 Å². The molecule has 1 aromatic heterocycles. The van der Waals surface area contributed by atoms with Crippen molar-refractivity contribution in [2.24, 2.45) is 0 Å². The van der Waals surface area contributed by atoms with Gasteiger partial charge < -0.3 is 14.8 Å². The second-order valence-electron chi connectivity index (χ2n) is 3.65. The highest BCUT2D eigenvalue weighted by Gasteiger charge is 2.07. The van der Waals surface area contributed by atoms with Gasteiger partial charge in [-0.1, -0.05) is 17.7 Å². The molecule has 0 amide bonds. The van der Waals surface area contributed by atoms with Crippen LogP contribution < -0.4 is 4.74 Å². The summed E-state index contributed by atoms with van der Waals surface area (Å²) in [4.78, 5) is 17.2. The first-order chi connectivity index (χ1) is 8.15. The number of benzene rings is 1. The zero-order chi connectivity index (χ0) is 12.3. The molecule has 0 atom stereocenters. The van der Waals surface area contributed by atoms with Crippen LogP contribution in [0, 0.1) is 6.92 Å². The summed E-state index contributed by atoms with van der Waals surface area (Å²) in [6.07, 6.45) is 1.27. The average molecular weight is 232 g/mol. The molecule has 2 N–H and O–H groups in total. The number of nitrogens with one attached hydrogen (secondary N) is 1. The standard InChI is InChI=1S/C12H12N2O3/c1-8-2-4-9(5-3-8)17-7-11-13-6-10(14-11)12(15)16/h2-6H,7H2,1H3,(H,13,14)(H,15,16). The smallest absolute Gasteiger partial charge is 0.353 e. The first kappa shape index (κ1) is 11.2. The predicted molar refractivity (Wildman–Crippen MR) is 61.1 cm³/mol. The van der Waals surface area contributed by atoms with Crippen molar-refractivity contribution in [2.45, 2.75) is 13.5 Å². The molecular weight excluding hydrogens is 220 g/mol. The van der Waals surface area contributed by atoms with Gasteiger partial charge in [-0.25, -0.2) is 9.78 Å². The molecule has 0 radical (unpaired) electrons. The van der Waals surface area contributed by atoms with Crippen molar-refractivity contribution >= 4 is 5.97 Å². The van der Waals surface area contributed by atoms with Crippen LogP contribution in [-0.2, 0) is 6.61 Å². The van der Waals surface area contributed by atoms with E-state index in [2.05, 4.69) is 9.97 Å². The van der Waals surface area contributed by atoms with Crippen molar-refractivity contribution in [3.05, 3.63) is 47.5 Å². The van der Waals surface area contributed by atoms with Gasteiger partial charge >= 0.3 is 5.97 Å². The van der Waals surface area contributed by atoms with Crippen LogP contribution in [0.25, 0.3) is 0 Å². The van der Waals surface area contributed by atoms with E-state index in [-0.39, 0.29) is 12.3 Å². The van der Waals surface area contributed by atoms with Crippen molar-refractivity contribution in [3.8, 4) is 5.75 Å². The van der Waals surface area contributed by atoms with E-state index >= 15 is 0 Å². The van der Waals surface area contributed by atoms with Crippen LogP contribution in [0.1, 0.15) is 21.9 Å². The quantitative estimate of drug-likeness (QED) is 0.845. The molecule has 0 aliphatic rings. The SMILES string of the molecule is Cc1ccc(OCc2ncc(C(=O)O)[nH]2)cc1. The lowest BCUT2D eigenvalue weighted by molar-refractivity contribution is 0.0691. The highest BCUT2D eigenvalue weighted by atomic mass is 16.5. The molecule has 0 aliphatic heterocycles. The summed E-state index contributed by atoms with van der Waals surface area (Å²) >= 11 is 0. The number of hydrogen-bond acceptors (Lipinski definition) is 3. The molecule has 0 spiro atoms. The predicted octanol–water partition coefficient (Wildman–Crippen LogP) is 2.00. The monoisotopic (exact) mass is 232 g/mol. The van der Waals surface area contributed by atoms with Crippen LogP contribution in [0.5, 0.6) is 5.75 Å². The minimum Gasteiger partial charge on any atom is -0.486 e. The molecule has 0 fully saturated rings. The first-order valence-electron chi connectivity index (χ1n) is 5.12. The molecule has 0 aliphatic carbocycles. The molecular formula is C12H12N2O3. The molecule has 88 valence electrons. The molecule has 2 aromatic rings. The van der Waals surface area contributed by atoms with E-state index in [9.17, 15) is 4.79 Å². The number of aryl methyl sites for hydroxylation is 1. The van der Waals surface area contributed by atoms with Gasteiger partial charge in [0.2, 0.25) is 0 Å². The summed E-state index contributed by atoms with van der Waals surface area (Å²) in [6, 6.07) is 7.60. The molecule has 17 heavy (non-hydrogen) atoms. The topological polar surface area (TPSA) is 75.2 Å². The number of imidazole rings is 1. The van der Waals surface area contributed by atoms with E-state index in [1.807, 2.05) is 31.2 Å². The van der Waals surface area contributed by atoms with Crippen molar-refractivity contribution in [3.63, 3.8) is 0 Å². The molecule has 0 saturated heterocycles. The number of rotatable bonds is 4. The van der Waals surface area contributed by atoms with Gasteiger partial charge in [-0.2, -0.15) is 0 Å². The van der Waals surface area contributed by atoms with Crippen molar-refractivity contribution in [1.82, 2.24) is 9.97 Å². The number of carbonyl (C=O) groups is 1. The van der Waals surface area contributed by atoms with Crippen LogP contribution in [0.15, 0.2) is 30.5 Å². The summed E-state index contributed by atoms with van der Waals surface area (Å²) < 4.78 is 5.45. The second kappa shape index (κ2) is 4.69. The largest absolute Gasteiger partial charge is 0.486 e. The second-order valence-corrected chi connectivity index (χ2v) is 3.65. The minimum absolute atomic E-state index is 0.0625. The van der Waals surface area contributed by atoms with Crippen LogP contribution in [-0.4, -0.2) is 21.0 Å². The number of aromatic nitrogens is 2. The number of ether oxygens (including phenoxy) is 1. The van der Waals surface area contributed by atoms with Crippen LogP contribution in [0.2, 0.25) is 0 Å². The number of nitrogens with zero attached hydrogens (tertiary/aromatic N) is 1. The minimum atomic E-state index is -1.03. The molecule has 1 heterocycles. The molecule has 0 bridgehead atoms. The fourth-order valence-electron chi connectivity index (χ4n) is 1.33. The lowest BCUT2D eigenvalue weighted by Crippen LogP contribution is -2.00. The fourth-order valence-corrected chi connectivity index (χ4v) is 1.33. The Morgan fingerprint density at radius 2 is 2.12 bits per heavy atom. The molecule has 5 nitrogen and oxygen atoms in total. The molecule has 5 heteroatoms. The lowest BCUT2D eigenvalue weighted by Gasteiger charge is -2.03. The third kappa shape index (κ3) is 2.84. The van der Waals surface area contributed by atoms with Gasteiger partial charge in [0.05, 0.1) is 6.20 Å². The lowest BCUT2D eigenvalue weighted by atomic mass is 10.2. The van der Waals surface area contributed by atoms with E-state index in [0.29, 0.717) is 5.82 Å². The Hall–Kier alpha value is -2.30. The van der Waals surface area contributed by atoms with Crippen molar-refractivity contribution in [2.75, 3.05) is 0 Å². The normalized spacial score (nSPS) is 10.2. The highest BCUT2D eigenvalue weighted by Crippen LogP contribution is 2.12. The van der Waals surface area contributed by atoms with Crippen LogP contribution >= 0.6 is 0 Å². The maximum Gasteiger partial charge on any atom is 0.353 e. The Labute approximate surface area is 98.1 Å². The maximum atomic E-state index is 10.6. The Balaban J connectivity index is 1.97. The number of aromatic amines is 1. The molecule has 2 rings (SSSR count). The molecule has 0 saturated carbocycles. The van der Waals surface area contributed by atoms with Crippen LogP contribution in [0.3, 0.4) is 0 Å². The summed E-state index contributed by atoms with van der Waals surface area (Å²) in [7, 11) is 0. The summed E-state index contributed by atoms with van der Waals surface area (Å²) in [5.74, 6) is 0.186. The first-order valence-corrected chi connectivity index (χ1v) is 5.12. The van der Waals surface area contributed by atoms with Gasteiger partial charge in [0.25, 0.3) is 0 Å². The third-order valence-electron chi connectivity index (χ3n) is 2.26. The van der Waals surface area contributed by atoms with Gasteiger partial charge in [-0.05, 0) is 19.1 Å². The summed E-state index contributed by atoms with van der Waals surface area (Å²) in [5.41, 5.74) is 1.22. The number of carboxylic acid groups (broad SMARTS) is 1. The summed E-state index contributed by atoms with van der Waals surface area (Å²) in [6.45, 7) is 2.21. The van der Waals surface area contributed by atoms with Crippen molar-refractivity contribution < 1.29 is 14.6 Å². The third-order valence-corrected chi connectivity index (χ3v) is 2.26. The van der Waals surface area contributed by atoms with E-state index in [4.69, 9.17) is 9.84 Å². The van der Waals surface area contributed by atoms with Crippen molar-refractivity contribution in [1.29, 1.82) is 0 Å². The van der Waals surface area contributed by atoms with E-state index in [1.165, 1.54) is 6.20 Å². The zero-order valence-corrected chi connectivity index (χ0v) is 9.30.